The van der Waals surface area contributed by atoms with Gasteiger partial charge in [0, 0.05) is 47.4 Å². The monoisotopic (exact) mass is 598 g/mol. The smallest absolute Gasteiger partial charge is 0.241 e. The van der Waals surface area contributed by atoms with Gasteiger partial charge in [0.25, 0.3) is 0 Å². The fourth-order valence-corrected chi connectivity index (χ4v) is 7.33. The molecule has 0 radical (unpaired) electrons. The molecule has 2 atom stereocenters. The molecule has 0 aliphatic carbocycles. The van der Waals surface area contributed by atoms with Crippen LogP contribution in [0.5, 0.6) is 0 Å². The molecule has 1 saturated heterocycles. The van der Waals surface area contributed by atoms with Gasteiger partial charge in [-0.3, -0.25) is 10.2 Å². The Labute approximate surface area is 240 Å². The Morgan fingerprint density at radius 2 is 1.73 bits per heavy atom. The van der Waals surface area contributed by atoms with E-state index in [9.17, 15) is 21.6 Å². The molecule has 11 nitrogen and oxygen atoms in total. The summed E-state index contributed by atoms with van der Waals surface area (Å²) < 4.78 is 54.7. The number of amides is 1. The molecule has 5 N–H and O–H groups in total. The number of sulfonamides is 2. The molecule has 0 saturated carbocycles. The number of hydrogen-bond donors (Lipinski definition) is 4. The van der Waals surface area contributed by atoms with E-state index in [0.717, 1.165) is 6.26 Å². The Hall–Kier alpha value is -3.65. The van der Waals surface area contributed by atoms with Crippen molar-refractivity contribution in [1.82, 2.24) is 14.0 Å². The minimum absolute atomic E-state index is 0.0102. The molecule has 13 heteroatoms. The Morgan fingerprint density at radius 3 is 2.34 bits per heavy atom. The molecule has 0 spiro atoms. The molecule has 218 valence electrons. The average Bonchev–Trinajstić information content (AvgIpc) is 3.35. The van der Waals surface area contributed by atoms with Crippen LogP contribution in [0.3, 0.4) is 0 Å². The molecule has 1 aliphatic rings. The third-order valence-corrected chi connectivity index (χ3v) is 9.71. The number of anilines is 1. The summed E-state index contributed by atoms with van der Waals surface area (Å²) in [5.41, 5.74) is 7.16. The average molecular weight is 599 g/mol. The molecule has 2 heterocycles. The minimum Gasteiger partial charge on any atom is -0.384 e. The molecule has 1 aliphatic heterocycles. The topological polar surface area (TPSA) is 175 Å². The number of nitrogens with zero attached hydrogens (tertiary/aromatic N) is 2. The molecule has 0 bridgehead atoms. The molecular formula is C28H34N6O5S2. The van der Waals surface area contributed by atoms with Gasteiger partial charge in [-0.25, -0.2) is 30.8 Å². The summed E-state index contributed by atoms with van der Waals surface area (Å²) in [5, 5.41) is 10.5. The van der Waals surface area contributed by atoms with Gasteiger partial charge in [-0.15, -0.1) is 0 Å². The molecule has 1 amide bonds. The van der Waals surface area contributed by atoms with Crippen LogP contribution >= 0.6 is 0 Å². The fraction of sp³-hybridized carbons (Fsp3) is 0.321. The van der Waals surface area contributed by atoms with Crippen molar-refractivity contribution in [3.8, 4) is 11.1 Å². The van der Waals surface area contributed by atoms with Crippen LogP contribution in [-0.4, -0.2) is 62.8 Å². The van der Waals surface area contributed by atoms with Crippen LogP contribution < -0.4 is 15.8 Å². The van der Waals surface area contributed by atoms with Crippen molar-refractivity contribution in [3.05, 3.63) is 78.0 Å². The van der Waals surface area contributed by atoms with Crippen LogP contribution in [0.2, 0.25) is 0 Å². The lowest BCUT2D eigenvalue weighted by molar-refractivity contribution is -0.119. The van der Waals surface area contributed by atoms with E-state index in [1.165, 1.54) is 16.6 Å². The predicted molar refractivity (Wildman–Crippen MR) is 158 cm³/mol. The molecule has 1 aromatic heterocycles. The number of carbonyl (C=O) groups excluding carboxylic acids is 1. The standard InChI is InChI=1S/C28H34N6O5S2/c1-28(2,3)33-41(38,39)24-11-6-5-10-21(24)20-12-13-25(31-15-20)32-27(35)23-17-34(40(4,36)37)16-22(23)18-8-7-9-19(14-18)26(29)30/h5-15,22-23,33H,16-17H2,1-4H3,(H3,29,30)(H,31,32,35). The van der Waals surface area contributed by atoms with E-state index in [0.29, 0.717) is 22.3 Å². The fourth-order valence-electron chi connectivity index (χ4n) is 4.82. The maximum Gasteiger partial charge on any atom is 0.241 e. The molecule has 41 heavy (non-hydrogen) atoms. The number of nitrogens with one attached hydrogen (secondary N) is 3. The normalized spacial score (nSPS) is 18.2. The zero-order valence-corrected chi connectivity index (χ0v) is 24.9. The summed E-state index contributed by atoms with van der Waals surface area (Å²) in [5.74, 6) is -1.48. The summed E-state index contributed by atoms with van der Waals surface area (Å²) in [6.45, 7) is 5.38. The second-order valence-electron chi connectivity index (χ2n) is 11.1. The highest BCUT2D eigenvalue weighted by atomic mass is 32.2. The first-order valence-corrected chi connectivity index (χ1v) is 16.2. The lowest BCUT2D eigenvalue weighted by atomic mass is 9.87. The van der Waals surface area contributed by atoms with Crippen molar-refractivity contribution in [2.45, 2.75) is 37.1 Å². The van der Waals surface area contributed by atoms with E-state index in [1.807, 2.05) is 0 Å². The lowest BCUT2D eigenvalue weighted by Crippen LogP contribution is -2.40. The van der Waals surface area contributed by atoms with E-state index >= 15 is 0 Å². The van der Waals surface area contributed by atoms with Crippen molar-refractivity contribution in [2.24, 2.45) is 11.7 Å². The molecule has 2 unspecified atom stereocenters. The van der Waals surface area contributed by atoms with E-state index < -0.39 is 43.3 Å². The highest BCUT2D eigenvalue weighted by Gasteiger charge is 2.42. The van der Waals surface area contributed by atoms with Gasteiger partial charge in [0.05, 0.1) is 17.1 Å². The Balaban J connectivity index is 1.59. The Kier molecular flexibility index (Phi) is 8.37. The lowest BCUT2D eigenvalue weighted by Gasteiger charge is -2.21. The second kappa shape index (κ2) is 11.3. The number of nitrogen functional groups attached to an aromatic ring is 1. The van der Waals surface area contributed by atoms with E-state index in [2.05, 4.69) is 15.0 Å². The second-order valence-corrected chi connectivity index (χ2v) is 14.7. The van der Waals surface area contributed by atoms with Gasteiger partial charge in [-0.05, 0) is 50.6 Å². The SMILES string of the molecule is CC(C)(C)NS(=O)(=O)c1ccccc1-c1ccc(NC(=O)C2CN(S(C)(=O)=O)CC2c2cccc(C(=N)N)c2)nc1. The van der Waals surface area contributed by atoms with Gasteiger partial charge < -0.3 is 11.1 Å². The van der Waals surface area contributed by atoms with Crippen molar-refractivity contribution in [2.75, 3.05) is 24.7 Å². The van der Waals surface area contributed by atoms with Crippen LogP contribution in [0, 0.1) is 11.3 Å². The quantitative estimate of drug-likeness (QED) is 0.228. The van der Waals surface area contributed by atoms with E-state index in [1.54, 1.807) is 75.4 Å². The highest BCUT2D eigenvalue weighted by Crippen LogP contribution is 2.35. The van der Waals surface area contributed by atoms with E-state index in [4.69, 9.17) is 11.1 Å². The van der Waals surface area contributed by atoms with Crippen molar-refractivity contribution < 1.29 is 21.6 Å². The van der Waals surface area contributed by atoms with Gasteiger partial charge in [0.1, 0.15) is 11.7 Å². The third kappa shape index (κ3) is 7.17. The summed E-state index contributed by atoms with van der Waals surface area (Å²) in [6, 6.07) is 16.7. The Morgan fingerprint density at radius 1 is 1.02 bits per heavy atom. The maximum atomic E-state index is 13.4. The van der Waals surface area contributed by atoms with Crippen LogP contribution in [0.4, 0.5) is 5.82 Å². The van der Waals surface area contributed by atoms with Crippen LogP contribution in [0.15, 0.2) is 71.8 Å². The zero-order chi connectivity index (χ0) is 30.2. The van der Waals surface area contributed by atoms with E-state index in [-0.39, 0.29) is 29.6 Å². The number of carbonyl (C=O) groups is 1. The van der Waals surface area contributed by atoms with Crippen LogP contribution in [0.1, 0.15) is 37.8 Å². The number of aromatic nitrogens is 1. The number of pyridine rings is 1. The van der Waals surface area contributed by atoms with Gasteiger partial charge in [-0.2, -0.15) is 0 Å². The molecule has 1 fully saturated rings. The predicted octanol–water partition coefficient (Wildman–Crippen LogP) is 2.72. The first-order chi connectivity index (χ1) is 19.0. The maximum absolute atomic E-state index is 13.4. The molecule has 3 aromatic rings. The van der Waals surface area contributed by atoms with Crippen molar-refractivity contribution in [3.63, 3.8) is 0 Å². The summed E-state index contributed by atoms with van der Waals surface area (Å²) in [4.78, 5) is 17.9. The van der Waals surface area contributed by atoms with Crippen LogP contribution in [-0.2, 0) is 24.8 Å². The Bertz CT molecular complexity index is 1680. The van der Waals surface area contributed by atoms with Crippen LogP contribution in [0.25, 0.3) is 11.1 Å². The summed E-state index contributed by atoms with van der Waals surface area (Å²) >= 11 is 0. The van der Waals surface area contributed by atoms with Gasteiger partial charge in [-0.1, -0.05) is 36.4 Å². The van der Waals surface area contributed by atoms with Crippen molar-refractivity contribution in [1.29, 1.82) is 5.41 Å². The van der Waals surface area contributed by atoms with Gasteiger partial charge in [0.15, 0.2) is 0 Å². The number of benzene rings is 2. The first-order valence-electron chi connectivity index (χ1n) is 12.8. The molecule has 4 rings (SSSR count). The number of nitrogens with two attached hydrogens (primary N) is 1. The highest BCUT2D eigenvalue weighted by molar-refractivity contribution is 7.89. The molecule has 2 aromatic carbocycles. The van der Waals surface area contributed by atoms with Gasteiger partial charge >= 0.3 is 0 Å². The third-order valence-electron chi connectivity index (χ3n) is 6.66. The number of rotatable bonds is 8. The largest absolute Gasteiger partial charge is 0.384 e. The van der Waals surface area contributed by atoms with Gasteiger partial charge in [0.2, 0.25) is 26.0 Å². The zero-order valence-electron chi connectivity index (χ0n) is 23.2. The number of hydrogen-bond acceptors (Lipinski definition) is 7. The minimum atomic E-state index is -3.82. The summed E-state index contributed by atoms with van der Waals surface area (Å²) in [7, 11) is -7.37. The summed E-state index contributed by atoms with van der Waals surface area (Å²) in [6.07, 6.45) is 2.58. The van der Waals surface area contributed by atoms with Crippen molar-refractivity contribution >= 4 is 37.6 Å². The first kappa shape index (κ1) is 30.3. The molecular weight excluding hydrogens is 564 g/mol. The number of amidine groups is 1.